The van der Waals surface area contributed by atoms with E-state index in [4.69, 9.17) is 11.6 Å². The quantitative estimate of drug-likeness (QED) is 0.581. The summed E-state index contributed by atoms with van der Waals surface area (Å²) in [6.07, 6.45) is 0. The van der Waals surface area contributed by atoms with Gasteiger partial charge in [0.2, 0.25) is 0 Å². The van der Waals surface area contributed by atoms with Crippen LogP contribution >= 0.6 is 23.8 Å². The van der Waals surface area contributed by atoms with Gasteiger partial charge < -0.3 is 0 Å². The smallest absolute Gasteiger partial charge is 0.199 e. The van der Waals surface area contributed by atoms with E-state index in [1.165, 1.54) is 18.2 Å². The highest BCUT2D eigenvalue weighted by atomic mass is 35.5. The van der Waals surface area contributed by atoms with Gasteiger partial charge in [0.05, 0.1) is 10.1 Å². The maximum atomic E-state index is 11.2. The Morgan fingerprint density at radius 2 is 2.15 bits per heavy atom. The minimum atomic E-state index is -3.71. The molecule has 0 atom stereocenters. The number of benzene rings is 1. The minimum absolute atomic E-state index is 0.0114. The van der Waals surface area contributed by atoms with Crippen LogP contribution in [0.1, 0.15) is 0 Å². The average Bonchev–Trinajstić information content (AvgIpc) is 2.04. The molecule has 1 rings (SSSR count). The van der Waals surface area contributed by atoms with Crippen LogP contribution in [0.25, 0.3) is 0 Å². The average molecular weight is 234 g/mol. The van der Waals surface area contributed by atoms with Crippen molar-refractivity contribution in [3.8, 4) is 0 Å². The van der Waals surface area contributed by atoms with Crippen LogP contribution in [0.15, 0.2) is 33.6 Å². The fraction of sp³-hybridized carbons (Fsp3) is 0. The lowest BCUT2D eigenvalue weighted by molar-refractivity contribution is 0.598. The molecule has 0 saturated carbocycles. The highest BCUT2D eigenvalue weighted by Gasteiger charge is 2.11. The Morgan fingerprint density at radius 1 is 1.46 bits per heavy atom. The van der Waals surface area contributed by atoms with E-state index in [0.29, 0.717) is 5.02 Å². The number of nitrogens with zero attached hydrogens (tertiary/aromatic N) is 1. The summed E-state index contributed by atoms with van der Waals surface area (Å²) in [5.41, 5.74) is 0. The predicted molar refractivity (Wildman–Crippen MR) is 53.7 cm³/mol. The van der Waals surface area contributed by atoms with Crippen molar-refractivity contribution < 1.29 is 8.42 Å². The Balaban J connectivity index is 3.31. The van der Waals surface area contributed by atoms with Gasteiger partial charge in [-0.15, -0.1) is 4.40 Å². The first-order valence-electron chi connectivity index (χ1n) is 3.16. The van der Waals surface area contributed by atoms with E-state index >= 15 is 0 Å². The third kappa shape index (κ3) is 2.60. The van der Waals surface area contributed by atoms with Crippen molar-refractivity contribution in [2.45, 2.75) is 4.90 Å². The van der Waals surface area contributed by atoms with E-state index < -0.39 is 10.0 Å². The Morgan fingerprint density at radius 3 is 2.69 bits per heavy atom. The molecule has 3 nitrogen and oxygen atoms in total. The highest BCUT2D eigenvalue weighted by Crippen LogP contribution is 2.16. The van der Waals surface area contributed by atoms with Crippen molar-refractivity contribution in [3.05, 3.63) is 29.3 Å². The summed E-state index contributed by atoms with van der Waals surface area (Å²) in [6.45, 7) is 0. The van der Waals surface area contributed by atoms with E-state index in [9.17, 15) is 8.42 Å². The molecule has 0 bridgehead atoms. The molecule has 0 aliphatic rings. The first-order valence-corrected chi connectivity index (χ1v) is 5.38. The second-order valence-electron chi connectivity index (χ2n) is 2.12. The van der Waals surface area contributed by atoms with Crippen LogP contribution in [0.2, 0.25) is 5.02 Å². The van der Waals surface area contributed by atoms with E-state index in [-0.39, 0.29) is 4.90 Å². The van der Waals surface area contributed by atoms with Gasteiger partial charge in [-0.05, 0) is 30.4 Å². The van der Waals surface area contributed by atoms with Crippen LogP contribution in [-0.4, -0.2) is 13.6 Å². The van der Waals surface area contributed by atoms with Crippen molar-refractivity contribution in [1.82, 2.24) is 0 Å². The van der Waals surface area contributed by atoms with E-state index in [2.05, 4.69) is 16.6 Å². The van der Waals surface area contributed by atoms with Gasteiger partial charge in [0, 0.05) is 5.02 Å². The Labute approximate surface area is 86.1 Å². The number of hydrogen-bond donors (Lipinski definition) is 0. The van der Waals surface area contributed by atoms with Gasteiger partial charge in [0.1, 0.15) is 0 Å². The molecule has 0 aromatic heterocycles. The molecule has 0 amide bonds. The monoisotopic (exact) mass is 233 g/mol. The number of thiocarbonyl (C=S) groups is 1. The first-order chi connectivity index (χ1) is 6.06. The molecule has 0 radical (unpaired) electrons. The van der Waals surface area contributed by atoms with Gasteiger partial charge in [-0.2, -0.15) is 8.42 Å². The molecule has 0 saturated heterocycles. The summed E-state index contributed by atoms with van der Waals surface area (Å²) in [4.78, 5) is 0.0114. The summed E-state index contributed by atoms with van der Waals surface area (Å²) < 4.78 is 25.5. The lowest BCUT2D eigenvalue weighted by atomic mass is 10.4. The molecule has 0 heterocycles. The van der Waals surface area contributed by atoms with Crippen molar-refractivity contribution in [2.24, 2.45) is 4.40 Å². The van der Waals surface area contributed by atoms with Crippen molar-refractivity contribution in [2.75, 3.05) is 0 Å². The van der Waals surface area contributed by atoms with Crippen molar-refractivity contribution in [1.29, 1.82) is 0 Å². The molecular weight excluding hydrogens is 230 g/mol. The van der Waals surface area contributed by atoms with Crippen LogP contribution < -0.4 is 0 Å². The number of rotatable bonds is 2. The Bertz CT molecular complexity index is 463. The van der Waals surface area contributed by atoms with Crippen LogP contribution in [0.4, 0.5) is 0 Å². The maximum absolute atomic E-state index is 11.2. The molecule has 0 fully saturated rings. The summed E-state index contributed by atoms with van der Waals surface area (Å²) in [5.74, 6) is 0. The normalized spacial score (nSPS) is 10.5. The van der Waals surface area contributed by atoms with Crippen molar-refractivity contribution >= 4 is 39.0 Å². The van der Waals surface area contributed by atoms with Gasteiger partial charge in [-0.25, -0.2) is 0 Å². The minimum Gasteiger partial charge on any atom is -0.199 e. The topological polar surface area (TPSA) is 46.5 Å². The SMILES string of the molecule is O=S(=O)(N=C=S)c1cccc(Cl)c1. The molecule has 13 heavy (non-hydrogen) atoms. The maximum Gasteiger partial charge on any atom is 0.290 e. The lowest BCUT2D eigenvalue weighted by Gasteiger charge is -1.96. The van der Waals surface area contributed by atoms with Crippen LogP contribution in [0.3, 0.4) is 0 Å². The van der Waals surface area contributed by atoms with E-state index in [1.54, 1.807) is 11.2 Å². The number of halogens is 1. The fourth-order valence-corrected chi connectivity index (χ4v) is 2.01. The molecule has 6 heteroatoms. The largest absolute Gasteiger partial charge is 0.290 e. The molecule has 1 aromatic carbocycles. The highest BCUT2D eigenvalue weighted by molar-refractivity contribution is 7.91. The molecule has 0 spiro atoms. The standard InChI is InChI=1S/C7H4ClNO2S2/c8-6-2-1-3-7(4-6)13(10,11)9-5-12/h1-4H. The Kier molecular flexibility index (Phi) is 3.17. The third-order valence-electron chi connectivity index (χ3n) is 1.25. The van der Waals surface area contributed by atoms with E-state index in [0.717, 1.165) is 0 Å². The number of sulfonamides is 1. The van der Waals surface area contributed by atoms with Gasteiger partial charge in [0.15, 0.2) is 0 Å². The van der Waals surface area contributed by atoms with Crippen LogP contribution in [-0.2, 0) is 10.0 Å². The molecule has 0 N–H and O–H groups in total. The molecule has 0 unspecified atom stereocenters. The zero-order valence-corrected chi connectivity index (χ0v) is 8.66. The van der Waals surface area contributed by atoms with Gasteiger partial charge in [-0.3, -0.25) is 0 Å². The third-order valence-corrected chi connectivity index (χ3v) is 2.87. The zero-order chi connectivity index (χ0) is 9.90. The summed E-state index contributed by atoms with van der Waals surface area (Å²) in [6, 6.07) is 5.78. The summed E-state index contributed by atoms with van der Waals surface area (Å²) in [5, 5.41) is 2.14. The van der Waals surface area contributed by atoms with Crippen LogP contribution in [0.5, 0.6) is 0 Å². The predicted octanol–water partition coefficient (Wildman–Crippen LogP) is 2.13. The second kappa shape index (κ2) is 3.98. The Hall–Kier alpha value is -0.740. The zero-order valence-electron chi connectivity index (χ0n) is 6.27. The van der Waals surface area contributed by atoms with Gasteiger partial charge in [0.25, 0.3) is 10.0 Å². The second-order valence-corrected chi connectivity index (χ2v) is 4.34. The molecule has 68 valence electrons. The number of isothiocyanates is 1. The molecular formula is C7H4ClNO2S2. The van der Waals surface area contributed by atoms with Gasteiger partial charge >= 0.3 is 0 Å². The van der Waals surface area contributed by atoms with Gasteiger partial charge in [-0.1, -0.05) is 17.7 Å². The van der Waals surface area contributed by atoms with E-state index in [1.807, 2.05) is 0 Å². The number of hydrogen-bond acceptors (Lipinski definition) is 3. The van der Waals surface area contributed by atoms with Crippen LogP contribution in [0, 0.1) is 0 Å². The summed E-state index contributed by atoms with van der Waals surface area (Å²) >= 11 is 9.80. The fourth-order valence-electron chi connectivity index (χ4n) is 0.729. The first kappa shape index (κ1) is 10.3. The lowest BCUT2D eigenvalue weighted by Crippen LogP contribution is -1.95. The molecule has 0 aliphatic carbocycles. The molecule has 1 aromatic rings. The molecule has 0 aliphatic heterocycles. The van der Waals surface area contributed by atoms with Crippen molar-refractivity contribution in [3.63, 3.8) is 0 Å². The summed E-state index contributed by atoms with van der Waals surface area (Å²) in [7, 11) is -3.71.